The molecule has 0 fully saturated rings. The lowest BCUT2D eigenvalue weighted by Crippen LogP contribution is -2.38. The number of rotatable bonds is 2. The van der Waals surface area contributed by atoms with Crippen LogP contribution in [0.3, 0.4) is 0 Å². The maximum atomic E-state index is 13.8. The first kappa shape index (κ1) is 20.8. The van der Waals surface area contributed by atoms with Crippen LogP contribution in [0.15, 0.2) is 54.9 Å². The van der Waals surface area contributed by atoms with Crippen molar-refractivity contribution in [3.8, 4) is 0 Å². The molecule has 2 aromatic heterocycles. The fraction of sp³-hybridized carbons (Fsp3) is 0.286. The second-order valence-corrected chi connectivity index (χ2v) is 10.1. The molecule has 0 saturated heterocycles. The zero-order chi connectivity index (χ0) is 23.6. The molecule has 2 aliphatic rings. The lowest BCUT2D eigenvalue weighted by atomic mass is 9.95. The first-order valence-corrected chi connectivity index (χ1v) is 11.8. The summed E-state index contributed by atoms with van der Waals surface area (Å²) < 4.78 is 7.89. The second-order valence-electron chi connectivity index (χ2n) is 10.1. The van der Waals surface area contributed by atoms with Gasteiger partial charge in [0, 0.05) is 46.4 Å². The van der Waals surface area contributed by atoms with E-state index in [1.807, 2.05) is 51.2 Å². The number of ether oxygens (including phenoxy) is 1. The van der Waals surface area contributed by atoms with Gasteiger partial charge in [0.05, 0.1) is 17.6 Å². The molecule has 0 unspecified atom stereocenters. The number of para-hydroxylation sites is 2. The zero-order valence-corrected chi connectivity index (χ0v) is 19.6. The number of aryl methyl sites for hydroxylation is 2. The Morgan fingerprint density at radius 1 is 1.03 bits per heavy atom. The van der Waals surface area contributed by atoms with Gasteiger partial charge in [-0.3, -0.25) is 4.79 Å². The van der Waals surface area contributed by atoms with Crippen LogP contribution in [-0.4, -0.2) is 38.6 Å². The number of aromatic amines is 1. The number of benzene rings is 2. The van der Waals surface area contributed by atoms with E-state index in [4.69, 9.17) is 4.74 Å². The Morgan fingerprint density at radius 2 is 1.82 bits per heavy atom. The molecule has 0 radical (unpaired) electrons. The van der Waals surface area contributed by atoms with E-state index >= 15 is 0 Å². The van der Waals surface area contributed by atoms with E-state index in [1.165, 1.54) is 16.0 Å². The Balaban J connectivity index is 1.57. The topological polar surface area (TPSA) is 67.3 Å². The average Bonchev–Trinajstić information content (AvgIpc) is 3.47. The first-order chi connectivity index (χ1) is 16.3. The number of aromatic nitrogens is 2. The first-order valence-electron chi connectivity index (χ1n) is 11.8. The van der Waals surface area contributed by atoms with Gasteiger partial charge in [-0.2, -0.15) is 0 Å². The fourth-order valence-electron chi connectivity index (χ4n) is 5.31. The highest BCUT2D eigenvalue weighted by Crippen LogP contribution is 2.42. The van der Waals surface area contributed by atoms with Crippen LogP contribution >= 0.6 is 0 Å². The van der Waals surface area contributed by atoms with Gasteiger partial charge in [0.15, 0.2) is 0 Å². The quantitative estimate of drug-likeness (QED) is 0.420. The molecule has 0 spiro atoms. The van der Waals surface area contributed by atoms with Crippen LogP contribution in [-0.2, 0) is 22.5 Å². The number of carbonyl (C=O) groups excluding carboxylic acids is 2. The van der Waals surface area contributed by atoms with E-state index < -0.39 is 11.7 Å². The molecular weight excluding hydrogens is 426 g/mol. The van der Waals surface area contributed by atoms with Crippen molar-refractivity contribution in [3.05, 3.63) is 71.5 Å². The van der Waals surface area contributed by atoms with Crippen molar-refractivity contribution in [2.75, 3.05) is 6.54 Å². The molecule has 2 aliphatic heterocycles. The minimum Gasteiger partial charge on any atom is -0.443 e. The minimum absolute atomic E-state index is 0.186. The van der Waals surface area contributed by atoms with Gasteiger partial charge >= 0.3 is 6.09 Å². The third kappa shape index (κ3) is 3.16. The number of fused-ring (bicyclic) bond motifs is 1. The molecule has 0 saturated carbocycles. The molecule has 0 aliphatic carbocycles. The molecule has 172 valence electrons. The Labute approximate surface area is 197 Å². The summed E-state index contributed by atoms with van der Waals surface area (Å²) in [5.41, 5.74) is 6.08. The van der Waals surface area contributed by atoms with Crippen molar-refractivity contribution in [1.82, 2.24) is 14.5 Å². The van der Waals surface area contributed by atoms with Gasteiger partial charge in [-0.15, -0.1) is 0 Å². The molecule has 6 nitrogen and oxygen atoms in total. The van der Waals surface area contributed by atoms with Crippen molar-refractivity contribution in [3.63, 3.8) is 0 Å². The van der Waals surface area contributed by atoms with Crippen molar-refractivity contribution in [1.29, 1.82) is 0 Å². The lowest BCUT2D eigenvalue weighted by Gasteiger charge is -2.23. The predicted molar refractivity (Wildman–Crippen MR) is 133 cm³/mol. The number of nitrogens with one attached hydrogen (secondary N) is 1. The van der Waals surface area contributed by atoms with E-state index in [-0.39, 0.29) is 12.5 Å². The molecule has 6 heteroatoms. The van der Waals surface area contributed by atoms with Crippen molar-refractivity contribution >= 4 is 45.0 Å². The van der Waals surface area contributed by atoms with Crippen LogP contribution < -0.4 is 0 Å². The molecule has 0 atom stereocenters. The van der Waals surface area contributed by atoms with E-state index in [1.54, 1.807) is 0 Å². The molecule has 6 rings (SSSR count). The Morgan fingerprint density at radius 3 is 2.65 bits per heavy atom. The molecule has 0 bridgehead atoms. The third-order valence-corrected chi connectivity index (χ3v) is 6.70. The summed E-state index contributed by atoms with van der Waals surface area (Å²) in [5.74, 6) is -0.319. The summed E-state index contributed by atoms with van der Waals surface area (Å²) >= 11 is 0. The van der Waals surface area contributed by atoms with E-state index in [9.17, 15) is 9.59 Å². The second kappa shape index (κ2) is 7.35. The standard InChI is InChI=1S/C28H27N3O3/c1-28(2,3)34-27(33)31-16-22(21-15-30-13-7-9-17-8-6-11-19(21)25(17)30)24(26(31)32)20-14-29-23-12-5-4-10-18(20)23/h4-6,8,10-12,14-15,29H,7,9,13,16H2,1-3H3. The Hall–Kier alpha value is -3.80. The van der Waals surface area contributed by atoms with Gasteiger partial charge in [-0.1, -0.05) is 36.4 Å². The highest BCUT2D eigenvalue weighted by molar-refractivity contribution is 6.35. The molecule has 1 N–H and O–H groups in total. The van der Waals surface area contributed by atoms with Crippen LogP contribution in [0.2, 0.25) is 0 Å². The summed E-state index contributed by atoms with van der Waals surface area (Å²) in [5, 5.41) is 2.09. The highest BCUT2D eigenvalue weighted by Gasteiger charge is 2.40. The summed E-state index contributed by atoms with van der Waals surface area (Å²) in [4.78, 5) is 31.4. The summed E-state index contributed by atoms with van der Waals surface area (Å²) in [7, 11) is 0. The predicted octanol–water partition coefficient (Wildman–Crippen LogP) is 5.76. The number of imide groups is 1. The number of hydrogen-bond acceptors (Lipinski definition) is 3. The molecule has 2 amide bonds. The molecule has 4 heterocycles. The summed E-state index contributed by atoms with van der Waals surface area (Å²) in [6, 6.07) is 14.3. The maximum absolute atomic E-state index is 13.8. The van der Waals surface area contributed by atoms with Gasteiger partial charge in [-0.05, 0) is 50.8 Å². The van der Waals surface area contributed by atoms with Gasteiger partial charge in [0.2, 0.25) is 0 Å². The van der Waals surface area contributed by atoms with Crippen LogP contribution in [0.1, 0.15) is 43.9 Å². The van der Waals surface area contributed by atoms with Gasteiger partial charge in [-0.25, -0.2) is 9.69 Å². The van der Waals surface area contributed by atoms with Crippen LogP contribution in [0.4, 0.5) is 4.79 Å². The van der Waals surface area contributed by atoms with E-state index in [0.29, 0.717) is 5.57 Å². The average molecular weight is 454 g/mol. The molecule has 34 heavy (non-hydrogen) atoms. The smallest absolute Gasteiger partial charge is 0.417 e. The fourth-order valence-corrected chi connectivity index (χ4v) is 5.31. The van der Waals surface area contributed by atoms with E-state index in [2.05, 4.69) is 33.9 Å². The van der Waals surface area contributed by atoms with Gasteiger partial charge in [0.1, 0.15) is 5.60 Å². The molecular formula is C28H27N3O3. The monoisotopic (exact) mass is 453 g/mol. The zero-order valence-electron chi connectivity index (χ0n) is 19.6. The van der Waals surface area contributed by atoms with E-state index in [0.717, 1.165) is 52.4 Å². The largest absolute Gasteiger partial charge is 0.443 e. The van der Waals surface area contributed by atoms with Crippen molar-refractivity contribution in [2.45, 2.75) is 45.8 Å². The highest BCUT2D eigenvalue weighted by atomic mass is 16.6. The number of amides is 2. The minimum atomic E-state index is -0.690. The summed E-state index contributed by atoms with van der Waals surface area (Å²) in [6.07, 6.45) is 5.57. The SMILES string of the molecule is CC(C)(C)OC(=O)N1CC(c2cn3c4c(cccc24)CCC3)=C(c2c[nH]c3ccccc23)C1=O. The maximum Gasteiger partial charge on any atom is 0.417 e. The van der Waals surface area contributed by atoms with Crippen LogP contribution in [0.25, 0.3) is 33.0 Å². The van der Waals surface area contributed by atoms with Crippen molar-refractivity contribution < 1.29 is 14.3 Å². The van der Waals surface area contributed by atoms with Crippen LogP contribution in [0.5, 0.6) is 0 Å². The Bertz CT molecular complexity index is 1510. The summed E-state index contributed by atoms with van der Waals surface area (Å²) in [6.45, 7) is 6.57. The number of nitrogens with zero attached hydrogens (tertiary/aromatic N) is 2. The normalized spacial score (nSPS) is 16.2. The molecule has 2 aromatic carbocycles. The number of hydrogen-bond donors (Lipinski definition) is 1. The molecule has 4 aromatic rings. The van der Waals surface area contributed by atoms with Crippen LogP contribution in [0, 0.1) is 0 Å². The lowest BCUT2D eigenvalue weighted by molar-refractivity contribution is -0.122. The van der Waals surface area contributed by atoms with Crippen molar-refractivity contribution in [2.24, 2.45) is 0 Å². The number of H-pyrrole nitrogens is 1. The van der Waals surface area contributed by atoms with Gasteiger partial charge < -0.3 is 14.3 Å². The van der Waals surface area contributed by atoms with Gasteiger partial charge in [0.25, 0.3) is 5.91 Å². The third-order valence-electron chi connectivity index (χ3n) is 6.70. The number of carbonyl (C=O) groups is 2. The Kier molecular flexibility index (Phi) is 4.49.